The summed E-state index contributed by atoms with van der Waals surface area (Å²) in [5.74, 6) is -2.06. The van der Waals surface area contributed by atoms with Crippen molar-refractivity contribution in [2.24, 2.45) is 0 Å². The maximum atomic E-state index is 13.2. The molecule has 0 spiro atoms. The summed E-state index contributed by atoms with van der Waals surface area (Å²) in [6.45, 7) is 4.82. The van der Waals surface area contributed by atoms with Crippen LogP contribution >= 0.6 is 15.9 Å². The molecule has 0 bridgehead atoms. The first kappa shape index (κ1) is 23.0. The van der Waals surface area contributed by atoms with Crippen LogP contribution in [0.1, 0.15) is 34.5 Å². The van der Waals surface area contributed by atoms with Crippen LogP contribution in [0.3, 0.4) is 0 Å². The Hall–Kier alpha value is -3.17. The molecule has 172 valence electrons. The molecule has 0 radical (unpaired) electrons. The molecule has 8 nitrogen and oxygen atoms in total. The zero-order valence-corrected chi connectivity index (χ0v) is 20.0. The van der Waals surface area contributed by atoms with Crippen LogP contribution in [0.25, 0.3) is 10.9 Å². The van der Waals surface area contributed by atoms with E-state index in [-0.39, 0.29) is 18.3 Å². The molecule has 3 aromatic rings. The van der Waals surface area contributed by atoms with Crippen LogP contribution in [0.5, 0.6) is 0 Å². The molecule has 1 saturated heterocycles. The van der Waals surface area contributed by atoms with Crippen LogP contribution in [0, 0.1) is 13.8 Å². The molecule has 0 saturated carbocycles. The van der Waals surface area contributed by atoms with Gasteiger partial charge in [0.15, 0.2) is 0 Å². The number of hydrogen-bond acceptors (Lipinski definition) is 4. The van der Waals surface area contributed by atoms with E-state index in [1.807, 2.05) is 38.1 Å². The van der Waals surface area contributed by atoms with Gasteiger partial charge in [0.25, 0.3) is 5.91 Å². The molecule has 3 amide bonds. The van der Waals surface area contributed by atoms with E-state index in [2.05, 4.69) is 32.0 Å². The third kappa shape index (κ3) is 5.26. The van der Waals surface area contributed by atoms with E-state index >= 15 is 0 Å². The monoisotopic (exact) mass is 512 g/mol. The van der Waals surface area contributed by atoms with Crippen LogP contribution < -0.4 is 16.1 Å². The van der Waals surface area contributed by atoms with Gasteiger partial charge in [-0.15, -0.1) is 0 Å². The first-order valence-electron chi connectivity index (χ1n) is 10.7. The van der Waals surface area contributed by atoms with Crippen LogP contribution in [0.2, 0.25) is 0 Å². The maximum absolute atomic E-state index is 13.2. The molecule has 1 aliphatic rings. The van der Waals surface area contributed by atoms with Crippen molar-refractivity contribution in [3.8, 4) is 0 Å². The van der Waals surface area contributed by atoms with Gasteiger partial charge < -0.3 is 15.4 Å². The molecule has 1 atom stereocenters. The Labute approximate surface area is 199 Å². The summed E-state index contributed by atoms with van der Waals surface area (Å²) in [5, 5.41) is 6.22. The van der Waals surface area contributed by atoms with Crippen molar-refractivity contribution in [2.45, 2.75) is 32.8 Å². The average molecular weight is 513 g/mol. The van der Waals surface area contributed by atoms with Crippen LogP contribution in [-0.2, 0) is 14.3 Å². The molecule has 9 heteroatoms. The molecule has 0 aliphatic carbocycles. The van der Waals surface area contributed by atoms with Crippen molar-refractivity contribution < 1.29 is 19.1 Å². The number of nitrogens with zero attached hydrogens (tertiary/aromatic N) is 1. The van der Waals surface area contributed by atoms with E-state index in [1.165, 1.54) is 4.68 Å². The molecular weight excluding hydrogens is 488 g/mol. The van der Waals surface area contributed by atoms with Crippen LogP contribution in [0.4, 0.5) is 5.69 Å². The number of hydrogen-bond donors (Lipinski definition) is 3. The van der Waals surface area contributed by atoms with Gasteiger partial charge in [-0.2, -0.15) is 0 Å². The van der Waals surface area contributed by atoms with E-state index in [9.17, 15) is 14.4 Å². The molecular formula is C24H25BrN4O4. The highest BCUT2D eigenvalue weighted by atomic mass is 79.9. The molecule has 0 unspecified atom stereocenters. The van der Waals surface area contributed by atoms with Crippen molar-refractivity contribution in [3.05, 3.63) is 63.8 Å². The summed E-state index contributed by atoms with van der Waals surface area (Å²) in [6.07, 6.45) is 1.71. The summed E-state index contributed by atoms with van der Waals surface area (Å²) < 4.78 is 7.64. The third-order valence-corrected chi connectivity index (χ3v) is 6.05. The Morgan fingerprint density at radius 2 is 1.91 bits per heavy atom. The number of carbonyl (C=O) groups excluding carboxylic acids is 3. The number of rotatable bonds is 5. The second-order valence-corrected chi connectivity index (χ2v) is 9.04. The van der Waals surface area contributed by atoms with Crippen molar-refractivity contribution in [1.29, 1.82) is 0 Å². The van der Waals surface area contributed by atoms with Gasteiger partial charge >= 0.3 is 11.8 Å². The Bertz CT molecular complexity index is 1230. The van der Waals surface area contributed by atoms with Gasteiger partial charge in [0.2, 0.25) is 0 Å². The van der Waals surface area contributed by atoms with Crippen molar-refractivity contribution in [1.82, 2.24) is 9.99 Å². The van der Waals surface area contributed by atoms with Crippen molar-refractivity contribution in [2.75, 3.05) is 23.9 Å². The number of aromatic nitrogens is 1. The predicted molar refractivity (Wildman–Crippen MR) is 130 cm³/mol. The molecule has 2 aromatic carbocycles. The lowest BCUT2D eigenvalue weighted by Crippen LogP contribution is -2.42. The molecule has 1 aromatic heterocycles. The Balaban J connectivity index is 1.58. The minimum absolute atomic E-state index is 0.0782. The number of benzene rings is 2. The number of aryl methyl sites for hydroxylation is 2. The summed E-state index contributed by atoms with van der Waals surface area (Å²) in [5.41, 5.74) is 6.03. The Morgan fingerprint density at radius 3 is 2.64 bits per heavy atom. The van der Waals surface area contributed by atoms with Crippen molar-refractivity contribution >= 4 is 50.2 Å². The molecule has 33 heavy (non-hydrogen) atoms. The fourth-order valence-corrected chi connectivity index (χ4v) is 4.24. The maximum Gasteiger partial charge on any atom is 0.328 e. The Morgan fingerprint density at radius 1 is 1.09 bits per heavy atom. The lowest BCUT2D eigenvalue weighted by molar-refractivity contribution is -0.136. The second kappa shape index (κ2) is 9.76. The van der Waals surface area contributed by atoms with Crippen LogP contribution in [0.15, 0.2) is 46.9 Å². The summed E-state index contributed by atoms with van der Waals surface area (Å²) in [4.78, 5) is 38.2. The van der Waals surface area contributed by atoms with E-state index in [0.29, 0.717) is 17.8 Å². The summed E-state index contributed by atoms with van der Waals surface area (Å²) >= 11 is 3.43. The molecule has 1 aliphatic heterocycles. The summed E-state index contributed by atoms with van der Waals surface area (Å²) in [7, 11) is 0. The number of ether oxygens (including phenoxy) is 1. The molecule has 1 fully saturated rings. The fourth-order valence-electron chi connectivity index (χ4n) is 3.86. The molecule has 2 heterocycles. The number of nitrogens with one attached hydrogen (secondary N) is 3. The molecule has 4 rings (SSSR count). The third-order valence-electron chi connectivity index (χ3n) is 5.56. The largest absolute Gasteiger partial charge is 0.376 e. The SMILES string of the molecule is Cc1ccc(NC(=O)c2cc3cc(Br)ccc3n2NC(=O)C(=O)NC[C@H]2CCCO2)c(C)c1. The van der Waals surface area contributed by atoms with E-state index in [4.69, 9.17) is 4.74 Å². The highest BCUT2D eigenvalue weighted by molar-refractivity contribution is 9.10. The highest BCUT2D eigenvalue weighted by Crippen LogP contribution is 2.24. The van der Waals surface area contributed by atoms with E-state index < -0.39 is 17.7 Å². The van der Waals surface area contributed by atoms with Gasteiger partial charge in [-0.25, -0.2) is 4.68 Å². The predicted octanol–water partition coefficient (Wildman–Crippen LogP) is 3.64. The lowest BCUT2D eigenvalue weighted by atomic mass is 10.1. The highest BCUT2D eigenvalue weighted by Gasteiger charge is 2.23. The zero-order chi connectivity index (χ0) is 23.5. The first-order valence-corrected chi connectivity index (χ1v) is 11.5. The number of carbonyl (C=O) groups is 3. The number of fused-ring (bicyclic) bond motifs is 1. The summed E-state index contributed by atoms with van der Waals surface area (Å²) in [6, 6.07) is 12.8. The lowest BCUT2D eigenvalue weighted by Gasteiger charge is -2.14. The normalized spacial score (nSPS) is 15.4. The standard InChI is InChI=1S/C24H25BrN4O4/c1-14-5-7-19(15(2)10-14)27-22(30)21-12-16-11-17(25)6-8-20(16)29(21)28-24(32)23(31)26-13-18-4-3-9-33-18/h5-8,10-12,18H,3-4,9,13H2,1-2H3,(H,26,31)(H,27,30)(H,28,32)/t18-/m1/s1. The fraction of sp³-hybridized carbons (Fsp3) is 0.292. The van der Waals surface area contributed by atoms with Gasteiger partial charge in [0.05, 0.1) is 11.6 Å². The minimum Gasteiger partial charge on any atom is -0.376 e. The number of amides is 3. The smallest absolute Gasteiger partial charge is 0.328 e. The average Bonchev–Trinajstić information content (AvgIpc) is 3.42. The molecule has 3 N–H and O–H groups in total. The number of anilines is 1. The second-order valence-electron chi connectivity index (χ2n) is 8.13. The van der Waals surface area contributed by atoms with Gasteiger partial charge in [0, 0.05) is 28.7 Å². The van der Waals surface area contributed by atoms with Gasteiger partial charge in [-0.05, 0) is 62.6 Å². The quantitative estimate of drug-likeness (QED) is 0.454. The first-order chi connectivity index (χ1) is 15.8. The van der Waals surface area contributed by atoms with E-state index in [0.717, 1.165) is 33.8 Å². The van der Waals surface area contributed by atoms with Gasteiger partial charge in [-0.3, -0.25) is 19.8 Å². The van der Waals surface area contributed by atoms with Gasteiger partial charge in [-0.1, -0.05) is 33.6 Å². The number of halogens is 1. The van der Waals surface area contributed by atoms with E-state index in [1.54, 1.807) is 18.2 Å². The van der Waals surface area contributed by atoms with Crippen molar-refractivity contribution in [3.63, 3.8) is 0 Å². The zero-order valence-electron chi connectivity index (χ0n) is 18.4. The van der Waals surface area contributed by atoms with Crippen LogP contribution in [-0.4, -0.2) is 41.7 Å². The minimum atomic E-state index is -0.867. The van der Waals surface area contributed by atoms with Gasteiger partial charge in [0.1, 0.15) is 5.69 Å². The Kier molecular flexibility index (Phi) is 6.80. The topological polar surface area (TPSA) is 101 Å².